The summed E-state index contributed by atoms with van der Waals surface area (Å²) in [6.07, 6.45) is 0. The van der Waals surface area contributed by atoms with Gasteiger partial charge in [0.25, 0.3) is 5.91 Å². The zero-order chi connectivity index (χ0) is 15.9. The van der Waals surface area contributed by atoms with Gasteiger partial charge in [-0.05, 0) is 43.7 Å². The lowest BCUT2D eigenvalue weighted by molar-refractivity contribution is 0.0937. The Balaban J connectivity index is 1.92. The summed E-state index contributed by atoms with van der Waals surface area (Å²) in [5, 5.41) is 13.9. The molecule has 6 heteroatoms. The minimum atomic E-state index is -0.218. The first-order valence-corrected chi connectivity index (χ1v) is 7.10. The number of hydrogen-bond acceptors (Lipinski definition) is 5. The van der Waals surface area contributed by atoms with Gasteiger partial charge in [-0.1, -0.05) is 12.1 Å². The summed E-state index contributed by atoms with van der Waals surface area (Å²) in [4.78, 5) is 11.8. The molecule has 0 radical (unpaired) electrons. The summed E-state index contributed by atoms with van der Waals surface area (Å²) in [6, 6.07) is 11.2. The van der Waals surface area contributed by atoms with Crippen molar-refractivity contribution in [2.45, 2.75) is 26.4 Å². The molecule has 1 aromatic heterocycles. The number of anilines is 1. The number of nitrogens with one attached hydrogen (secondary N) is 2. The predicted octanol–water partition coefficient (Wildman–Crippen LogP) is 2.24. The molecule has 0 atom stereocenters. The van der Waals surface area contributed by atoms with Gasteiger partial charge < -0.3 is 15.4 Å². The van der Waals surface area contributed by atoms with Crippen molar-refractivity contribution in [1.82, 2.24) is 15.5 Å². The maximum atomic E-state index is 11.8. The second kappa shape index (κ2) is 7.40. The number of carbonyl (C=O) groups is 1. The van der Waals surface area contributed by atoms with E-state index >= 15 is 0 Å². The van der Waals surface area contributed by atoms with Crippen LogP contribution in [0.4, 0.5) is 5.82 Å². The Hall–Kier alpha value is -2.63. The number of hydrogen-bond donors (Lipinski definition) is 2. The fraction of sp³-hybridized carbons (Fsp3) is 0.312. The van der Waals surface area contributed by atoms with Gasteiger partial charge in [-0.25, -0.2) is 0 Å². The monoisotopic (exact) mass is 300 g/mol. The molecule has 2 aromatic rings. The van der Waals surface area contributed by atoms with Crippen LogP contribution in [0.15, 0.2) is 36.4 Å². The molecule has 0 saturated carbocycles. The number of carbonyl (C=O) groups excluding carboxylic acids is 1. The first-order chi connectivity index (χ1) is 10.6. The Labute approximate surface area is 129 Å². The molecule has 0 saturated heterocycles. The Morgan fingerprint density at radius 2 is 1.86 bits per heavy atom. The number of nitrogens with zero attached hydrogens (tertiary/aromatic N) is 2. The molecule has 0 aliphatic rings. The zero-order valence-electron chi connectivity index (χ0n) is 13.0. The minimum absolute atomic E-state index is 0.0715. The molecule has 2 rings (SSSR count). The largest absolute Gasteiger partial charge is 0.497 e. The minimum Gasteiger partial charge on any atom is -0.497 e. The first-order valence-electron chi connectivity index (χ1n) is 7.10. The van der Waals surface area contributed by atoms with Crippen LogP contribution in [0.25, 0.3) is 0 Å². The highest BCUT2D eigenvalue weighted by Gasteiger charge is 2.09. The van der Waals surface area contributed by atoms with E-state index in [2.05, 4.69) is 20.8 Å². The van der Waals surface area contributed by atoms with Crippen molar-refractivity contribution in [2.24, 2.45) is 0 Å². The summed E-state index contributed by atoms with van der Waals surface area (Å²) in [5.74, 6) is 1.23. The lowest BCUT2D eigenvalue weighted by atomic mass is 10.2. The molecular formula is C16H20N4O2. The van der Waals surface area contributed by atoms with Gasteiger partial charge in [0, 0.05) is 12.6 Å². The van der Waals surface area contributed by atoms with Gasteiger partial charge in [-0.2, -0.15) is 0 Å². The van der Waals surface area contributed by atoms with Gasteiger partial charge >= 0.3 is 0 Å². The molecule has 0 aliphatic carbocycles. The number of aromatic nitrogens is 2. The third-order valence-corrected chi connectivity index (χ3v) is 2.95. The van der Waals surface area contributed by atoms with E-state index in [4.69, 9.17) is 4.74 Å². The summed E-state index contributed by atoms with van der Waals surface area (Å²) < 4.78 is 5.11. The molecule has 0 bridgehead atoms. The number of rotatable bonds is 6. The van der Waals surface area contributed by atoms with E-state index < -0.39 is 0 Å². The average molecular weight is 300 g/mol. The van der Waals surface area contributed by atoms with Crippen LogP contribution in [0, 0.1) is 0 Å². The van der Waals surface area contributed by atoms with E-state index in [9.17, 15) is 4.79 Å². The fourth-order valence-corrected chi connectivity index (χ4v) is 1.82. The summed E-state index contributed by atoms with van der Waals surface area (Å²) in [7, 11) is 1.64. The normalized spacial score (nSPS) is 10.4. The molecule has 1 amide bonds. The smallest absolute Gasteiger partial charge is 0.271 e. The molecule has 6 nitrogen and oxygen atoms in total. The standard InChI is InChI=1S/C16H20N4O2/c1-11(2)18-16(21)14-8-9-15(20-19-14)17-10-12-4-6-13(22-3)7-5-12/h4-9,11H,10H2,1-3H3,(H,17,20)(H,18,21). The van der Waals surface area contributed by atoms with Crippen molar-refractivity contribution in [3.63, 3.8) is 0 Å². The van der Waals surface area contributed by atoms with Crippen molar-refractivity contribution in [2.75, 3.05) is 12.4 Å². The van der Waals surface area contributed by atoms with Gasteiger partial charge in [-0.3, -0.25) is 4.79 Å². The third-order valence-electron chi connectivity index (χ3n) is 2.95. The molecule has 22 heavy (non-hydrogen) atoms. The van der Waals surface area contributed by atoms with Crippen LogP contribution >= 0.6 is 0 Å². The van der Waals surface area contributed by atoms with Crippen molar-refractivity contribution in [3.05, 3.63) is 47.7 Å². The van der Waals surface area contributed by atoms with Crippen molar-refractivity contribution < 1.29 is 9.53 Å². The summed E-state index contributed by atoms with van der Waals surface area (Å²) >= 11 is 0. The third kappa shape index (κ3) is 4.44. The number of amides is 1. The van der Waals surface area contributed by atoms with Gasteiger partial charge in [0.15, 0.2) is 5.69 Å². The van der Waals surface area contributed by atoms with E-state index in [0.717, 1.165) is 11.3 Å². The van der Waals surface area contributed by atoms with E-state index in [-0.39, 0.29) is 11.9 Å². The fourth-order valence-electron chi connectivity index (χ4n) is 1.82. The number of benzene rings is 1. The Morgan fingerprint density at radius 3 is 2.41 bits per heavy atom. The second-order valence-corrected chi connectivity index (χ2v) is 5.13. The van der Waals surface area contributed by atoms with Crippen molar-refractivity contribution in [3.8, 4) is 5.75 Å². The molecule has 0 fully saturated rings. The molecule has 1 heterocycles. The van der Waals surface area contributed by atoms with Crippen LogP contribution in [0.5, 0.6) is 5.75 Å². The van der Waals surface area contributed by atoms with Crippen LogP contribution in [0.1, 0.15) is 29.9 Å². The SMILES string of the molecule is COc1ccc(CNc2ccc(C(=O)NC(C)C)nn2)cc1. The summed E-state index contributed by atoms with van der Waals surface area (Å²) in [5.41, 5.74) is 1.41. The Morgan fingerprint density at radius 1 is 1.14 bits per heavy atom. The van der Waals surface area contributed by atoms with Gasteiger partial charge in [-0.15, -0.1) is 10.2 Å². The van der Waals surface area contributed by atoms with E-state index in [1.807, 2.05) is 38.1 Å². The zero-order valence-corrected chi connectivity index (χ0v) is 13.0. The number of methoxy groups -OCH3 is 1. The lowest BCUT2D eigenvalue weighted by Crippen LogP contribution is -2.30. The molecule has 116 valence electrons. The van der Waals surface area contributed by atoms with Gasteiger partial charge in [0.2, 0.25) is 0 Å². The van der Waals surface area contributed by atoms with E-state index in [0.29, 0.717) is 18.1 Å². The van der Waals surface area contributed by atoms with E-state index in [1.165, 1.54) is 0 Å². The lowest BCUT2D eigenvalue weighted by Gasteiger charge is -2.08. The van der Waals surface area contributed by atoms with Gasteiger partial charge in [0.05, 0.1) is 7.11 Å². The van der Waals surface area contributed by atoms with Crippen LogP contribution in [0.2, 0.25) is 0 Å². The molecule has 2 N–H and O–H groups in total. The highest BCUT2D eigenvalue weighted by atomic mass is 16.5. The van der Waals surface area contributed by atoms with Crippen molar-refractivity contribution in [1.29, 1.82) is 0 Å². The Kier molecular flexibility index (Phi) is 5.30. The van der Waals surface area contributed by atoms with Crippen LogP contribution in [-0.4, -0.2) is 29.3 Å². The van der Waals surface area contributed by atoms with Crippen molar-refractivity contribution >= 4 is 11.7 Å². The topological polar surface area (TPSA) is 76.1 Å². The molecule has 0 unspecified atom stereocenters. The average Bonchev–Trinajstić information content (AvgIpc) is 2.53. The molecule has 0 spiro atoms. The molecule has 1 aromatic carbocycles. The highest BCUT2D eigenvalue weighted by molar-refractivity contribution is 5.92. The second-order valence-electron chi connectivity index (χ2n) is 5.13. The quantitative estimate of drug-likeness (QED) is 0.855. The molecular weight excluding hydrogens is 280 g/mol. The maximum Gasteiger partial charge on any atom is 0.271 e. The highest BCUT2D eigenvalue weighted by Crippen LogP contribution is 2.12. The predicted molar refractivity (Wildman–Crippen MR) is 85.0 cm³/mol. The number of ether oxygens (including phenoxy) is 1. The molecule has 0 aliphatic heterocycles. The maximum absolute atomic E-state index is 11.8. The Bertz CT molecular complexity index is 609. The summed E-state index contributed by atoms with van der Waals surface area (Å²) in [6.45, 7) is 4.42. The van der Waals surface area contributed by atoms with Crippen LogP contribution in [0.3, 0.4) is 0 Å². The van der Waals surface area contributed by atoms with Gasteiger partial charge in [0.1, 0.15) is 11.6 Å². The van der Waals surface area contributed by atoms with Crippen LogP contribution < -0.4 is 15.4 Å². The first kappa shape index (κ1) is 15.8. The van der Waals surface area contributed by atoms with Crippen LogP contribution in [-0.2, 0) is 6.54 Å². The van der Waals surface area contributed by atoms with E-state index in [1.54, 1.807) is 19.2 Å².